The van der Waals surface area contributed by atoms with E-state index in [9.17, 15) is 9.18 Å². The Morgan fingerprint density at radius 2 is 1.88 bits per heavy atom. The van der Waals surface area contributed by atoms with Crippen molar-refractivity contribution in [3.63, 3.8) is 0 Å². The Labute approximate surface area is 138 Å². The zero-order valence-electron chi connectivity index (χ0n) is 13.6. The van der Waals surface area contributed by atoms with E-state index in [-0.39, 0.29) is 5.56 Å². The number of pyridine rings is 1. The second kappa shape index (κ2) is 6.23. The minimum absolute atomic E-state index is 0.0723. The van der Waals surface area contributed by atoms with E-state index < -0.39 is 11.7 Å². The number of nitrogens with zero attached hydrogens (tertiary/aromatic N) is 2. The molecule has 3 aromatic rings. The van der Waals surface area contributed by atoms with Gasteiger partial charge in [-0.2, -0.15) is 5.10 Å². The molecule has 0 radical (unpaired) electrons. The first kappa shape index (κ1) is 15.9. The molecule has 0 unspecified atom stereocenters. The second-order valence-electron chi connectivity index (χ2n) is 5.73. The van der Waals surface area contributed by atoms with Gasteiger partial charge in [-0.15, -0.1) is 0 Å². The lowest BCUT2D eigenvalue weighted by atomic mass is 9.99. The number of carbonyl (C=O) groups is 1. The molecule has 6 heteroatoms. The van der Waals surface area contributed by atoms with Crippen LogP contribution in [0, 0.1) is 26.6 Å². The summed E-state index contributed by atoms with van der Waals surface area (Å²) in [6, 6.07) is 7.24. The normalized spacial score (nSPS) is 10.7. The zero-order chi connectivity index (χ0) is 17.3. The van der Waals surface area contributed by atoms with Crippen LogP contribution in [-0.2, 0) is 0 Å². The maximum Gasteiger partial charge on any atom is 0.259 e. The fourth-order valence-corrected chi connectivity index (χ4v) is 2.52. The third-order valence-electron chi connectivity index (χ3n) is 3.97. The van der Waals surface area contributed by atoms with E-state index in [2.05, 4.69) is 39.6 Å². The number of aromatic nitrogens is 3. The van der Waals surface area contributed by atoms with Crippen molar-refractivity contribution >= 4 is 11.7 Å². The molecule has 2 N–H and O–H groups in total. The summed E-state index contributed by atoms with van der Waals surface area (Å²) in [7, 11) is 0. The second-order valence-corrected chi connectivity index (χ2v) is 5.73. The molecule has 24 heavy (non-hydrogen) atoms. The fraction of sp³-hybridized carbons (Fsp3) is 0.167. The minimum atomic E-state index is -0.671. The van der Waals surface area contributed by atoms with Crippen LogP contribution in [0.2, 0.25) is 0 Å². The first-order valence-corrected chi connectivity index (χ1v) is 7.50. The number of rotatable bonds is 3. The summed E-state index contributed by atoms with van der Waals surface area (Å²) >= 11 is 0. The van der Waals surface area contributed by atoms with Crippen LogP contribution in [0.4, 0.5) is 10.2 Å². The van der Waals surface area contributed by atoms with Crippen LogP contribution in [0.5, 0.6) is 0 Å². The van der Waals surface area contributed by atoms with Crippen molar-refractivity contribution in [3.8, 4) is 11.3 Å². The average Bonchev–Trinajstić information content (AvgIpc) is 2.99. The van der Waals surface area contributed by atoms with Crippen LogP contribution < -0.4 is 5.32 Å². The molecular formula is C18H17FN4O. The van der Waals surface area contributed by atoms with Gasteiger partial charge in [0.2, 0.25) is 0 Å². The number of nitrogens with one attached hydrogen (secondary N) is 2. The van der Waals surface area contributed by atoms with Gasteiger partial charge in [-0.3, -0.25) is 14.9 Å². The van der Waals surface area contributed by atoms with Gasteiger partial charge in [-0.1, -0.05) is 6.07 Å². The molecule has 0 saturated carbocycles. The molecule has 0 atom stereocenters. The summed E-state index contributed by atoms with van der Waals surface area (Å²) in [6.07, 6.45) is 2.37. The van der Waals surface area contributed by atoms with Gasteiger partial charge in [0.1, 0.15) is 0 Å². The van der Waals surface area contributed by atoms with Crippen molar-refractivity contribution < 1.29 is 9.18 Å². The van der Waals surface area contributed by atoms with Gasteiger partial charge in [0.05, 0.1) is 17.5 Å². The third kappa shape index (κ3) is 3.03. The molecule has 0 fully saturated rings. The molecule has 0 bridgehead atoms. The summed E-state index contributed by atoms with van der Waals surface area (Å²) in [5.41, 5.74) is 5.24. The van der Waals surface area contributed by atoms with Crippen LogP contribution in [0.25, 0.3) is 11.3 Å². The molecule has 1 amide bonds. The van der Waals surface area contributed by atoms with E-state index in [1.54, 1.807) is 6.07 Å². The van der Waals surface area contributed by atoms with Crippen molar-refractivity contribution in [1.82, 2.24) is 15.2 Å². The molecular weight excluding hydrogens is 307 g/mol. The van der Waals surface area contributed by atoms with Crippen molar-refractivity contribution in [2.45, 2.75) is 20.8 Å². The van der Waals surface area contributed by atoms with Crippen LogP contribution in [0.1, 0.15) is 27.0 Å². The summed E-state index contributed by atoms with van der Waals surface area (Å²) in [5.74, 6) is -0.899. The number of hydrogen-bond acceptors (Lipinski definition) is 3. The van der Waals surface area contributed by atoms with E-state index in [0.717, 1.165) is 23.0 Å². The topological polar surface area (TPSA) is 70.7 Å². The molecule has 122 valence electrons. The highest BCUT2D eigenvalue weighted by molar-refractivity contribution is 6.04. The van der Waals surface area contributed by atoms with Gasteiger partial charge in [0, 0.05) is 17.8 Å². The van der Waals surface area contributed by atoms with Crippen LogP contribution >= 0.6 is 0 Å². The van der Waals surface area contributed by atoms with Crippen LogP contribution in [-0.4, -0.2) is 21.1 Å². The standard InChI is InChI=1S/C18H17FN4O/c1-10-6-12(3)14(7-11(10)2)16-8-17(23-22-16)21-18(24)13-4-5-20-9-15(13)19/h4-9H,1-3H3,(H2,21,22,23,24). The van der Waals surface area contributed by atoms with Gasteiger partial charge in [-0.05, 0) is 49.6 Å². The molecule has 1 aromatic carbocycles. The first-order chi connectivity index (χ1) is 11.5. The average molecular weight is 324 g/mol. The zero-order valence-corrected chi connectivity index (χ0v) is 13.6. The molecule has 0 aliphatic carbocycles. The molecule has 3 rings (SSSR count). The first-order valence-electron chi connectivity index (χ1n) is 7.50. The van der Waals surface area contributed by atoms with Crippen molar-refractivity contribution in [1.29, 1.82) is 0 Å². The summed E-state index contributed by atoms with van der Waals surface area (Å²) < 4.78 is 13.6. The van der Waals surface area contributed by atoms with E-state index >= 15 is 0 Å². The van der Waals surface area contributed by atoms with Crippen molar-refractivity contribution in [2.24, 2.45) is 0 Å². The highest BCUT2D eigenvalue weighted by Gasteiger charge is 2.14. The predicted octanol–water partition coefficient (Wildman–Crippen LogP) is 3.79. The Morgan fingerprint density at radius 3 is 2.62 bits per heavy atom. The highest BCUT2D eigenvalue weighted by Crippen LogP contribution is 2.26. The molecule has 0 aliphatic rings. The van der Waals surface area contributed by atoms with Gasteiger partial charge in [0.25, 0.3) is 5.91 Å². The van der Waals surface area contributed by atoms with E-state index in [1.165, 1.54) is 23.4 Å². The number of hydrogen-bond donors (Lipinski definition) is 2. The monoisotopic (exact) mass is 324 g/mol. The van der Waals surface area contributed by atoms with Gasteiger partial charge < -0.3 is 5.32 Å². The number of halogens is 1. The lowest BCUT2D eigenvalue weighted by molar-refractivity contribution is 0.102. The number of benzene rings is 1. The van der Waals surface area contributed by atoms with Crippen LogP contribution in [0.15, 0.2) is 36.7 Å². The number of aromatic amines is 1. The number of amides is 1. The van der Waals surface area contributed by atoms with E-state index in [1.807, 2.05) is 13.8 Å². The van der Waals surface area contributed by atoms with Crippen molar-refractivity contribution in [3.05, 3.63) is 64.7 Å². The number of anilines is 1. The van der Waals surface area contributed by atoms with Gasteiger partial charge >= 0.3 is 0 Å². The largest absolute Gasteiger partial charge is 0.305 e. The van der Waals surface area contributed by atoms with Gasteiger partial charge in [0.15, 0.2) is 11.6 Å². The lowest BCUT2D eigenvalue weighted by Gasteiger charge is -2.07. The summed E-state index contributed by atoms with van der Waals surface area (Å²) in [6.45, 7) is 6.13. The predicted molar refractivity (Wildman–Crippen MR) is 90.4 cm³/mol. The Morgan fingerprint density at radius 1 is 1.12 bits per heavy atom. The Bertz CT molecular complexity index is 917. The SMILES string of the molecule is Cc1cc(C)c(-c2cc(NC(=O)c3ccncc3F)n[nH]2)cc1C. The van der Waals surface area contributed by atoms with E-state index in [0.29, 0.717) is 5.82 Å². The molecule has 0 aliphatic heterocycles. The summed E-state index contributed by atoms with van der Waals surface area (Å²) in [4.78, 5) is 15.7. The molecule has 5 nitrogen and oxygen atoms in total. The smallest absolute Gasteiger partial charge is 0.259 e. The minimum Gasteiger partial charge on any atom is -0.305 e. The lowest BCUT2D eigenvalue weighted by Crippen LogP contribution is -2.14. The Hall–Kier alpha value is -3.02. The number of aryl methyl sites for hydroxylation is 3. The highest BCUT2D eigenvalue weighted by atomic mass is 19.1. The molecule has 2 heterocycles. The molecule has 0 spiro atoms. The maximum absolute atomic E-state index is 13.6. The third-order valence-corrected chi connectivity index (χ3v) is 3.97. The Balaban J connectivity index is 1.85. The quantitative estimate of drug-likeness (QED) is 0.770. The summed E-state index contributed by atoms with van der Waals surface area (Å²) in [5, 5.41) is 9.58. The fourth-order valence-electron chi connectivity index (χ4n) is 2.52. The Kier molecular flexibility index (Phi) is 4.12. The molecule has 0 saturated heterocycles. The maximum atomic E-state index is 13.6. The van der Waals surface area contributed by atoms with E-state index in [4.69, 9.17) is 0 Å². The number of carbonyl (C=O) groups excluding carboxylic acids is 1. The molecule has 2 aromatic heterocycles. The van der Waals surface area contributed by atoms with Crippen LogP contribution in [0.3, 0.4) is 0 Å². The van der Waals surface area contributed by atoms with Gasteiger partial charge in [-0.25, -0.2) is 4.39 Å². The number of H-pyrrole nitrogens is 1. The van der Waals surface area contributed by atoms with Crippen molar-refractivity contribution in [2.75, 3.05) is 5.32 Å².